The van der Waals surface area contributed by atoms with Crippen molar-refractivity contribution in [2.75, 3.05) is 0 Å². The maximum atomic E-state index is 4.20. The molecule has 2 rings (SSSR count). The van der Waals surface area contributed by atoms with E-state index in [-0.39, 0.29) is 0 Å². The standard InChI is InChI=1S/C16H17N/c1-2-3-11-16(14-8-5-4-6-9-14)15-10-7-12-17-13-15/h4-13H,2-3H2,1H3/b16-11-. The predicted octanol–water partition coefficient (Wildman–Crippen LogP) is 4.31. The lowest BCUT2D eigenvalue weighted by Gasteiger charge is -2.07. The zero-order valence-corrected chi connectivity index (χ0v) is 10.1. The van der Waals surface area contributed by atoms with Gasteiger partial charge in [0.25, 0.3) is 0 Å². The number of unbranched alkanes of at least 4 members (excludes halogenated alkanes) is 1. The number of benzene rings is 1. The van der Waals surface area contributed by atoms with Crippen LogP contribution >= 0.6 is 0 Å². The van der Waals surface area contributed by atoms with Gasteiger partial charge >= 0.3 is 0 Å². The van der Waals surface area contributed by atoms with Crippen LogP contribution in [0.5, 0.6) is 0 Å². The fraction of sp³-hybridized carbons (Fsp3) is 0.188. The molecule has 0 aliphatic heterocycles. The third kappa shape index (κ3) is 3.04. The van der Waals surface area contributed by atoms with Gasteiger partial charge in [0.05, 0.1) is 0 Å². The third-order valence-corrected chi connectivity index (χ3v) is 2.69. The lowest BCUT2D eigenvalue weighted by atomic mass is 9.98. The molecule has 17 heavy (non-hydrogen) atoms. The molecule has 0 radical (unpaired) electrons. The molecule has 1 aromatic carbocycles. The highest BCUT2D eigenvalue weighted by Gasteiger charge is 2.03. The molecular formula is C16H17N. The Morgan fingerprint density at radius 1 is 1.06 bits per heavy atom. The molecule has 1 nitrogen and oxygen atoms in total. The van der Waals surface area contributed by atoms with E-state index in [0.29, 0.717) is 0 Å². The zero-order chi connectivity index (χ0) is 11.9. The monoisotopic (exact) mass is 223 g/mol. The van der Waals surface area contributed by atoms with Crippen LogP contribution in [0.1, 0.15) is 30.9 Å². The summed E-state index contributed by atoms with van der Waals surface area (Å²) in [6.07, 6.45) is 8.29. The van der Waals surface area contributed by atoms with Gasteiger partial charge in [-0.1, -0.05) is 55.8 Å². The first-order valence-corrected chi connectivity index (χ1v) is 6.08. The van der Waals surface area contributed by atoms with Gasteiger partial charge in [0.2, 0.25) is 0 Å². The minimum atomic E-state index is 1.10. The lowest BCUT2D eigenvalue weighted by Crippen LogP contribution is -1.88. The number of aromatic nitrogens is 1. The molecule has 0 aliphatic carbocycles. The maximum absolute atomic E-state index is 4.20. The van der Waals surface area contributed by atoms with Crippen LogP contribution in [0.2, 0.25) is 0 Å². The van der Waals surface area contributed by atoms with Crippen molar-refractivity contribution in [3.05, 3.63) is 72.1 Å². The van der Waals surface area contributed by atoms with Gasteiger partial charge in [0, 0.05) is 18.0 Å². The summed E-state index contributed by atoms with van der Waals surface area (Å²) in [6.45, 7) is 2.20. The van der Waals surface area contributed by atoms with Crippen LogP contribution < -0.4 is 0 Å². The van der Waals surface area contributed by atoms with E-state index in [1.807, 2.05) is 24.5 Å². The van der Waals surface area contributed by atoms with Crippen LogP contribution in [0.25, 0.3) is 5.57 Å². The highest BCUT2D eigenvalue weighted by atomic mass is 14.6. The molecule has 1 aromatic heterocycles. The molecule has 0 spiro atoms. The zero-order valence-electron chi connectivity index (χ0n) is 10.1. The van der Waals surface area contributed by atoms with Crippen molar-refractivity contribution in [1.29, 1.82) is 0 Å². The second-order valence-electron chi connectivity index (χ2n) is 4.01. The van der Waals surface area contributed by atoms with Gasteiger partial charge in [-0.15, -0.1) is 0 Å². The van der Waals surface area contributed by atoms with E-state index >= 15 is 0 Å². The molecular weight excluding hydrogens is 206 g/mol. The number of allylic oxidation sites excluding steroid dienone is 1. The SMILES string of the molecule is CCC/C=C(/c1ccccc1)c1cccnc1. The minimum absolute atomic E-state index is 1.10. The Hall–Kier alpha value is -1.89. The fourth-order valence-corrected chi connectivity index (χ4v) is 1.83. The number of hydrogen-bond donors (Lipinski definition) is 0. The molecule has 0 fully saturated rings. The second kappa shape index (κ2) is 6.00. The Balaban J connectivity index is 2.40. The Morgan fingerprint density at radius 3 is 2.47 bits per heavy atom. The number of pyridine rings is 1. The fourth-order valence-electron chi connectivity index (χ4n) is 1.83. The summed E-state index contributed by atoms with van der Waals surface area (Å²) in [5, 5.41) is 0. The van der Waals surface area contributed by atoms with E-state index in [4.69, 9.17) is 0 Å². The van der Waals surface area contributed by atoms with E-state index in [9.17, 15) is 0 Å². The number of hydrogen-bond acceptors (Lipinski definition) is 1. The second-order valence-corrected chi connectivity index (χ2v) is 4.01. The Morgan fingerprint density at radius 2 is 1.82 bits per heavy atom. The van der Waals surface area contributed by atoms with Gasteiger partial charge in [-0.3, -0.25) is 4.98 Å². The first kappa shape index (κ1) is 11.6. The van der Waals surface area contributed by atoms with Crippen molar-refractivity contribution < 1.29 is 0 Å². The molecule has 0 amide bonds. The van der Waals surface area contributed by atoms with E-state index in [1.54, 1.807) is 0 Å². The van der Waals surface area contributed by atoms with E-state index in [1.165, 1.54) is 16.7 Å². The molecule has 0 saturated heterocycles. The largest absolute Gasteiger partial charge is 0.264 e. The van der Waals surface area contributed by atoms with Crippen molar-refractivity contribution in [3.8, 4) is 0 Å². The van der Waals surface area contributed by atoms with E-state index in [2.05, 4.69) is 48.3 Å². The molecule has 0 bridgehead atoms. The lowest BCUT2D eigenvalue weighted by molar-refractivity contribution is 0.960. The third-order valence-electron chi connectivity index (χ3n) is 2.69. The van der Waals surface area contributed by atoms with Gasteiger partial charge in [0.1, 0.15) is 0 Å². The van der Waals surface area contributed by atoms with Gasteiger partial charge in [0.15, 0.2) is 0 Å². The van der Waals surface area contributed by atoms with Crippen molar-refractivity contribution in [2.45, 2.75) is 19.8 Å². The van der Waals surface area contributed by atoms with Gasteiger partial charge in [-0.25, -0.2) is 0 Å². The van der Waals surface area contributed by atoms with Crippen molar-refractivity contribution >= 4 is 5.57 Å². The Bertz CT molecular complexity index is 430. The predicted molar refractivity (Wildman–Crippen MR) is 72.7 cm³/mol. The molecule has 0 unspecified atom stereocenters. The summed E-state index contributed by atoms with van der Waals surface area (Å²) < 4.78 is 0. The van der Waals surface area contributed by atoms with Crippen LogP contribution in [0.4, 0.5) is 0 Å². The highest BCUT2D eigenvalue weighted by molar-refractivity contribution is 5.79. The topological polar surface area (TPSA) is 12.9 Å². The van der Waals surface area contributed by atoms with Crippen molar-refractivity contribution in [1.82, 2.24) is 4.98 Å². The summed E-state index contributed by atoms with van der Waals surface area (Å²) in [6, 6.07) is 14.6. The van der Waals surface area contributed by atoms with Crippen LogP contribution in [0.15, 0.2) is 60.9 Å². The summed E-state index contributed by atoms with van der Waals surface area (Å²) in [4.78, 5) is 4.20. The first-order valence-electron chi connectivity index (χ1n) is 6.08. The first-order chi connectivity index (χ1) is 8.42. The van der Waals surface area contributed by atoms with Crippen molar-refractivity contribution in [3.63, 3.8) is 0 Å². The summed E-state index contributed by atoms with van der Waals surface area (Å²) >= 11 is 0. The molecule has 1 heterocycles. The van der Waals surface area contributed by atoms with Gasteiger partial charge in [-0.05, 0) is 23.6 Å². The Labute approximate surface area is 103 Å². The van der Waals surface area contributed by atoms with Gasteiger partial charge < -0.3 is 0 Å². The Kier molecular flexibility index (Phi) is 4.09. The van der Waals surface area contributed by atoms with Crippen LogP contribution in [-0.4, -0.2) is 4.98 Å². The molecule has 0 saturated carbocycles. The minimum Gasteiger partial charge on any atom is -0.264 e. The molecule has 1 heteroatoms. The summed E-state index contributed by atoms with van der Waals surface area (Å²) in [5.41, 5.74) is 3.72. The average Bonchev–Trinajstić information content (AvgIpc) is 2.42. The molecule has 0 aliphatic rings. The van der Waals surface area contributed by atoms with E-state index < -0.39 is 0 Å². The van der Waals surface area contributed by atoms with Crippen LogP contribution in [0, 0.1) is 0 Å². The number of rotatable bonds is 4. The molecule has 0 N–H and O–H groups in total. The highest BCUT2D eigenvalue weighted by Crippen LogP contribution is 2.23. The van der Waals surface area contributed by atoms with Crippen LogP contribution in [-0.2, 0) is 0 Å². The quantitative estimate of drug-likeness (QED) is 0.752. The van der Waals surface area contributed by atoms with Gasteiger partial charge in [-0.2, -0.15) is 0 Å². The van der Waals surface area contributed by atoms with E-state index in [0.717, 1.165) is 12.8 Å². The van der Waals surface area contributed by atoms with Crippen LogP contribution in [0.3, 0.4) is 0 Å². The summed E-state index contributed by atoms with van der Waals surface area (Å²) in [7, 11) is 0. The smallest absolute Gasteiger partial charge is 0.0346 e. The number of nitrogens with zero attached hydrogens (tertiary/aromatic N) is 1. The normalized spacial score (nSPS) is 11.5. The average molecular weight is 223 g/mol. The maximum Gasteiger partial charge on any atom is 0.0346 e. The summed E-state index contributed by atoms with van der Waals surface area (Å²) in [5.74, 6) is 0. The molecule has 86 valence electrons. The molecule has 0 atom stereocenters. The molecule has 2 aromatic rings. The van der Waals surface area contributed by atoms with Crippen molar-refractivity contribution in [2.24, 2.45) is 0 Å².